The van der Waals surface area contributed by atoms with Crippen molar-refractivity contribution in [1.82, 2.24) is 10.6 Å². The van der Waals surface area contributed by atoms with Crippen LogP contribution in [0.1, 0.15) is 30.9 Å². The number of hydrogen-bond donors (Lipinski definition) is 2. The number of rotatable bonds is 10. The quantitative estimate of drug-likeness (QED) is 0.396. The molecule has 0 saturated carbocycles. The summed E-state index contributed by atoms with van der Waals surface area (Å²) in [6, 6.07) is 8.36. The van der Waals surface area contributed by atoms with Gasteiger partial charge in [-0.05, 0) is 30.9 Å². The van der Waals surface area contributed by atoms with Gasteiger partial charge in [0.05, 0.1) is 6.61 Å². The van der Waals surface area contributed by atoms with Crippen molar-refractivity contribution in [2.24, 2.45) is 4.99 Å². The number of nitrogens with one attached hydrogen (secondary N) is 2. The first-order chi connectivity index (χ1) is 10.8. The summed E-state index contributed by atoms with van der Waals surface area (Å²) in [7, 11) is 3.50. The first-order valence-electron chi connectivity index (χ1n) is 7.89. The highest BCUT2D eigenvalue weighted by Gasteiger charge is 1.99. The number of methoxy groups -OCH3 is 1. The van der Waals surface area contributed by atoms with Gasteiger partial charge in [-0.1, -0.05) is 24.3 Å². The van der Waals surface area contributed by atoms with Crippen LogP contribution in [0.3, 0.4) is 0 Å². The van der Waals surface area contributed by atoms with E-state index in [0.29, 0.717) is 6.61 Å². The Hall–Kier alpha value is -1.59. The standard InChI is InChI=1S/C17H29N3O2/c1-4-22-11-6-5-10-19-17(18-2)20-13-15-8-7-9-16(12-15)14-21-3/h7-9,12H,4-6,10-11,13-14H2,1-3H3,(H2,18,19,20). The molecule has 0 atom stereocenters. The van der Waals surface area contributed by atoms with Crippen LogP contribution in [0.2, 0.25) is 0 Å². The Morgan fingerprint density at radius 1 is 1.18 bits per heavy atom. The normalized spacial score (nSPS) is 11.5. The fourth-order valence-corrected chi connectivity index (χ4v) is 2.08. The second-order valence-corrected chi connectivity index (χ2v) is 5.01. The molecule has 0 spiro atoms. The number of hydrogen-bond acceptors (Lipinski definition) is 3. The third kappa shape index (κ3) is 8.00. The summed E-state index contributed by atoms with van der Waals surface area (Å²) in [5, 5.41) is 6.64. The molecule has 0 aliphatic heterocycles. The number of nitrogens with zero attached hydrogens (tertiary/aromatic N) is 1. The van der Waals surface area contributed by atoms with Gasteiger partial charge in [-0.25, -0.2) is 0 Å². The monoisotopic (exact) mass is 307 g/mol. The zero-order chi connectivity index (χ0) is 16.0. The van der Waals surface area contributed by atoms with E-state index >= 15 is 0 Å². The van der Waals surface area contributed by atoms with Gasteiger partial charge in [-0.2, -0.15) is 0 Å². The van der Waals surface area contributed by atoms with Crippen molar-refractivity contribution < 1.29 is 9.47 Å². The van der Waals surface area contributed by atoms with Gasteiger partial charge in [0.1, 0.15) is 0 Å². The highest BCUT2D eigenvalue weighted by molar-refractivity contribution is 5.79. The molecule has 2 N–H and O–H groups in total. The highest BCUT2D eigenvalue weighted by atomic mass is 16.5. The van der Waals surface area contributed by atoms with Gasteiger partial charge in [-0.3, -0.25) is 4.99 Å². The predicted molar refractivity (Wildman–Crippen MR) is 91.1 cm³/mol. The Labute approximate surface area is 134 Å². The molecule has 124 valence electrons. The summed E-state index contributed by atoms with van der Waals surface area (Å²) in [6.45, 7) is 5.92. The number of aliphatic imine (C=N–C) groups is 1. The van der Waals surface area contributed by atoms with Gasteiger partial charge in [0.15, 0.2) is 5.96 Å². The van der Waals surface area contributed by atoms with Gasteiger partial charge >= 0.3 is 0 Å². The number of unbranched alkanes of at least 4 members (excludes halogenated alkanes) is 1. The lowest BCUT2D eigenvalue weighted by Gasteiger charge is -2.12. The molecule has 0 aromatic heterocycles. The van der Waals surface area contributed by atoms with Gasteiger partial charge in [-0.15, -0.1) is 0 Å². The molecule has 1 aromatic rings. The van der Waals surface area contributed by atoms with Gasteiger partial charge < -0.3 is 20.1 Å². The van der Waals surface area contributed by atoms with Crippen molar-refractivity contribution in [3.8, 4) is 0 Å². The Morgan fingerprint density at radius 3 is 2.73 bits per heavy atom. The third-order valence-electron chi connectivity index (χ3n) is 3.20. The molecule has 0 heterocycles. The zero-order valence-electron chi connectivity index (χ0n) is 14.0. The maximum absolute atomic E-state index is 5.32. The van der Waals surface area contributed by atoms with Crippen molar-refractivity contribution in [1.29, 1.82) is 0 Å². The lowest BCUT2D eigenvalue weighted by Crippen LogP contribution is -2.37. The van der Waals surface area contributed by atoms with Crippen LogP contribution >= 0.6 is 0 Å². The minimum atomic E-state index is 0.640. The van der Waals surface area contributed by atoms with E-state index in [-0.39, 0.29) is 0 Å². The summed E-state index contributed by atoms with van der Waals surface area (Å²) in [6.07, 6.45) is 2.14. The lowest BCUT2D eigenvalue weighted by atomic mass is 10.1. The van der Waals surface area contributed by atoms with Crippen molar-refractivity contribution >= 4 is 5.96 Å². The van der Waals surface area contributed by atoms with Gasteiger partial charge in [0.25, 0.3) is 0 Å². The summed E-state index contributed by atoms with van der Waals surface area (Å²) >= 11 is 0. The smallest absolute Gasteiger partial charge is 0.191 e. The van der Waals surface area contributed by atoms with Crippen LogP contribution in [-0.2, 0) is 22.6 Å². The SMILES string of the molecule is CCOCCCCNC(=NC)NCc1cccc(COC)c1. The first-order valence-corrected chi connectivity index (χ1v) is 7.89. The van der Waals surface area contributed by atoms with Crippen LogP contribution in [0.5, 0.6) is 0 Å². The molecule has 0 aliphatic carbocycles. The predicted octanol–water partition coefficient (Wildman–Crippen LogP) is 2.31. The van der Waals surface area contributed by atoms with E-state index in [0.717, 1.165) is 45.1 Å². The third-order valence-corrected chi connectivity index (χ3v) is 3.20. The van der Waals surface area contributed by atoms with Gasteiger partial charge in [0, 0.05) is 40.5 Å². The van der Waals surface area contributed by atoms with Gasteiger partial charge in [0.2, 0.25) is 0 Å². The molecule has 22 heavy (non-hydrogen) atoms. The summed E-state index contributed by atoms with van der Waals surface area (Å²) in [5.41, 5.74) is 2.40. The molecule has 0 aliphatic rings. The maximum Gasteiger partial charge on any atom is 0.191 e. The van der Waals surface area contributed by atoms with E-state index in [1.807, 2.05) is 6.92 Å². The van der Waals surface area contributed by atoms with Crippen molar-refractivity contribution in [2.75, 3.05) is 33.9 Å². The lowest BCUT2D eigenvalue weighted by molar-refractivity contribution is 0.143. The Bertz CT molecular complexity index is 436. The maximum atomic E-state index is 5.32. The number of ether oxygens (including phenoxy) is 2. The van der Waals surface area contributed by atoms with E-state index in [1.54, 1.807) is 14.2 Å². The second kappa shape index (κ2) is 12.0. The highest BCUT2D eigenvalue weighted by Crippen LogP contribution is 2.06. The topological polar surface area (TPSA) is 54.9 Å². The minimum Gasteiger partial charge on any atom is -0.382 e. The zero-order valence-corrected chi connectivity index (χ0v) is 14.0. The second-order valence-electron chi connectivity index (χ2n) is 5.01. The largest absolute Gasteiger partial charge is 0.382 e. The molecular weight excluding hydrogens is 278 g/mol. The molecule has 0 unspecified atom stereocenters. The van der Waals surface area contributed by atoms with Crippen molar-refractivity contribution in [2.45, 2.75) is 32.9 Å². The Kier molecular flexibility index (Phi) is 10.1. The molecule has 0 amide bonds. The molecule has 5 nitrogen and oxygen atoms in total. The summed E-state index contributed by atoms with van der Waals surface area (Å²) in [4.78, 5) is 4.23. The van der Waals surface area contributed by atoms with E-state index in [1.165, 1.54) is 11.1 Å². The van der Waals surface area contributed by atoms with Crippen LogP contribution < -0.4 is 10.6 Å². The van der Waals surface area contributed by atoms with Crippen LogP contribution in [0, 0.1) is 0 Å². The van der Waals surface area contributed by atoms with Crippen LogP contribution in [0.4, 0.5) is 0 Å². The first kappa shape index (κ1) is 18.5. The van der Waals surface area contributed by atoms with Crippen molar-refractivity contribution in [3.63, 3.8) is 0 Å². The fraction of sp³-hybridized carbons (Fsp3) is 0.588. The Balaban J connectivity index is 2.27. The molecule has 0 bridgehead atoms. The van der Waals surface area contributed by atoms with Crippen LogP contribution in [0.15, 0.2) is 29.3 Å². The molecule has 1 rings (SSSR count). The minimum absolute atomic E-state index is 0.640. The molecular formula is C17H29N3O2. The summed E-state index contributed by atoms with van der Waals surface area (Å²) in [5.74, 6) is 0.827. The fourth-order valence-electron chi connectivity index (χ4n) is 2.08. The number of benzene rings is 1. The van der Waals surface area contributed by atoms with Crippen molar-refractivity contribution in [3.05, 3.63) is 35.4 Å². The molecule has 0 radical (unpaired) electrons. The van der Waals surface area contributed by atoms with Crippen LogP contribution in [0.25, 0.3) is 0 Å². The van der Waals surface area contributed by atoms with E-state index < -0.39 is 0 Å². The van der Waals surface area contributed by atoms with E-state index in [2.05, 4.69) is 39.9 Å². The molecule has 0 fully saturated rings. The average Bonchev–Trinajstić information content (AvgIpc) is 2.54. The summed E-state index contributed by atoms with van der Waals surface area (Å²) < 4.78 is 10.5. The van der Waals surface area contributed by atoms with E-state index in [9.17, 15) is 0 Å². The Morgan fingerprint density at radius 2 is 2.00 bits per heavy atom. The number of guanidine groups is 1. The van der Waals surface area contributed by atoms with Crippen LogP contribution in [-0.4, -0.2) is 39.9 Å². The van der Waals surface area contributed by atoms with E-state index in [4.69, 9.17) is 9.47 Å². The average molecular weight is 307 g/mol. The molecule has 1 aromatic carbocycles. The molecule has 5 heteroatoms. The molecule has 0 saturated heterocycles.